The maximum Gasteiger partial charge on any atom is 0.206 e. The molecule has 0 aliphatic rings. The highest BCUT2D eigenvalue weighted by Crippen LogP contribution is 2.23. The van der Waals surface area contributed by atoms with E-state index in [0.29, 0.717) is 0 Å². The summed E-state index contributed by atoms with van der Waals surface area (Å²) < 4.78 is 17.2. The number of methoxy groups -OCH3 is 1. The predicted octanol–water partition coefficient (Wildman–Crippen LogP) is 1.54. The van der Waals surface area contributed by atoms with Gasteiger partial charge in [0.05, 0.1) is 7.11 Å². The Morgan fingerprint density at radius 2 is 2.20 bits per heavy atom. The van der Waals surface area contributed by atoms with Crippen LogP contribution in [0.5, 0.6) is 11.5 Å². The largest absolute Gasteiger partial charge is 0.505 e. The molecule has 2 nitrogen and oxygen atoms in total. The monoisotopic (exact) mass is 142 g/mol. The summed E-state index contributed by atoms with van der Waals surface area (Å²) in [7, 11) is 1.35. The first-order valence-corrected chi connectivity index (χ1v) is 2.77. The SMILES string of the molecule is COc1cccc(O)c1F. The van der Waals surface area contributed by atoms with E-state index in [0.717, 1.165) is 0 Å². The number of hydrogen-bond donors (Lipinski definition) is 1. The van der Waals surface area contributed by atoms with Crippen molar-refractivity contribution >= 4 is 0 Å². The van der Waals surface area contributed by atoms with Crippen LogP contribution in [0.3, 0.4) is 0 Å². The van der Waals surface area contributed by atoms with Gasteiger partial charge in [0.25, 0.3) is 0 Å². The van der Waals surface area contributed by atoms with Crippen LogP contribution in [0.15, 0.2) is 18.2 Å². The summed E-state index contributed by atoms with van der Waals surface area (Å²) in [6.45, 7) is 0. The number of phenols is 1. The van der Waals surface area contributed by atoms with Gasteiger partial charge in [-0.25, -0.2) is 0 Å². The lowest BCUT2D eigenvalue weighted by Crippen LogP contribution is -1.86. The average molecular weight is 142 g/mol. The van der Waals surface area contributed by atoms with Gasteiger partial charge in [-0.1, -0.05) is 6.07 Å². The van der Waals surface area contributed by atoms with Crippen LogP contribution < -0.4 is 4.74 Å². The van der Waals surface area contributed by atoms with Gasteiger partial charge in [-0.05, 0) is 12.1 Å². The van der Waals surface area contributed by atoms with Gasteiger partial charge >= 0.3 is 0 Å². The van der Waals surface area contributed by atoms with Crippen LogP contribution in [0, 0.1) is 5.82 Å². The third kappa shape index (κ3) is 1.03. The van der Waals surface area contributed by atoms with Gasteiger partial charge in [0, 0.05) is 0 Å². The lowest BCUT2D eigenvalue weighted by Gasteiger charge is -2.00. The number of halogens is 1. The van der Waals surface area contributed by atoms with Gasteiger partial charge in [0.2, 0.25) is 5.82 Å². The molecule has 1 rings (SSSR count). The minimum Gasteiger partial charge on any atom is -0.505 e. The predicted molar refractivity (Wildman–Crippen MR) is 34.6 cm³/mol. The maximum absolute atomic E-state index is 12.6. The summed E-state index contributed by atoms with van der Waals surface area (Å²) in [5.74, 6) is -1.05. The summed E-state index contributed by atoms with van der Waals surface area (Å²) in [5, 5.41) is 8.78. The van der Waals surface area contributed by atoms with Crippen LogP contribution in [0.1, 0.15) is 0 Å². The second kappa shape index (κ2) is 2.56. The summed E-state index contributed by atoms with van der Waals surface area (Å²) in [4.78, 5) is 0. The fourth-order valence-electron chi connectivity index (χ4n) is 0.657. The second-order valence-electron chi connectivity index (χ2n) is 1.79. The van der Waals surface area contributed by atoms with Gasteiger partial charge in [-0.15, -0.1) is 0 Å². The van der Waals surface area contributed by atoms with E-state index in [1.54, 1.807) is 0 Å². The van der Waals surface area contributed by atoms with E-state index in [1.165, 1.54) is 25.3 Å². The van der Waals surface area contributed by atoms with Crippen LogP contribution in [0.4, 0.5) is 4.39 Å². The number of phenolic OH excluding ortho intramolecular Hbond substituents is 1. The highest BCUT2D eigenvalue weighted by molar-refractivity contribution is 5.34. The normalized spacial score (nSPS) is 9.40. The maximum atomic E-state index is 12.6. The van der Waals surface area contributed by atoms with E-state index in [4.69, 9.17) is 5.11 Å². The molecule has 0 spiro atoms. The smallest absolute Gasteiger partial charge is 0.206 e. The molecule has 0 saturated carbocycles. The molecule has 0 aliphatic carbocycles. The average Bonchev–Trinajstić information content (AvgIpc) is 1.95. The molecule has 10 heavy (non-hydrogen) atoms. The summed E-state index contributed by atoms with van der Waals surface area (Å²) in [5.41, 5.74) is 0. The van der Waals surface area contributed by atoms with Crippen molar-refractivity contribution < 1.29 is 14.2 Å². The fraction of sp³-hybridized carbons (Fsp3) is 0.143. The lowest BCUT2D eigenvalue weighted by molar-refractivity contribution is 0.364. The molecular weight excluding hydrogens is 135 g/mol. The van der Waals surface area contributed by atoms with Crippen LogP contribution in [-0.2, 0) is 0 Å². The molecule has 0 aliphatic heterocycles. The van der Waals surface area contributed by atoms with Crippen molar-refractivity contribution in [2.75, 3.05) is 7.11 Å². The van der Waals surface area contributed by atoms with Crippen molar-refractivity contribution in [3.63, 3.8) is 0 Å². The molecule has 0 aromatic heterocycles. The van der Waals surface area contributed by atoms with Crippen LogP contribution >= 0.6 is 0 Å². The van der Waals surface area contributed by atoms with E-state index in [2.05, 4.69) is 4.74 Å². The Morgan fingerprint density at radius 3 is 2.70 bits per heavy atom. The minimum atomic E-state index is -0.718. The Kier molecular flexibility index (Phi) is 1.76. The fourth-order valence-corrected chi connectivity index (χ4v) is 0.657. The molecule has 1 aromatic rings. The number of hydrogen-bond acceptors (Lipinski definition) is 2. The third-order valence-corrected chi connectivity index (χ3v) is 1.16. The molecule has 1 aromatic carbocycles. The lowest BCUT2D eigenvalue weighted by atomic mass is 10.3. The number of aromatic hydroxyl groups is 1. The molecule has 0 heterocycles. The van der Waals surface area contributed by atoms with E-state index in [1.807, 2.05) is 0 Å². The molecule has 0 unspecified atom stereocenters. The Bertz CT molecular complexity index is 235. The van der Waals surface area contributed by atoms with Crippen LogP contribution in [0.25, 0.3) is 0 Å². The van der Waals surface area contributed by atoms with E-state index in [-0.39, 0.29) is 11.5 Å². The van der Waals surface area contributed by atoms with Gasteiger partial charge in [-0.2, -0.15) is 4.39 Å². The summed E-state index contributed by atoms with van der Waals surface area (Å²) >= 11 is 0. The van der Waals surface area contributed by atoms with E-state index < -0.39 is 5.82 Å². The van der Waals surface area contributed by atoms with Crippen molar-refractivity contribution in [2.45, 2.75) is 0 Å². The zero-order valence-electron chi connectivity index (χ0n) is 5.47. The minimum absolute atomic E-state index is 0.0556. The second-order valence-corrected chi connectivity index (χ2v) is 1.79. The van der Waals surface area contributed by atoms with Crippen LogP contribution in [0.2, 0.25) is 0 Å². The molecule has 0 amide bonds. The van der Waals surface area contributed by atoms with Gasteiger partial charge in [0.15, 0.2) is 11.5 Å². The molecule has 0 atom stereocenters. The highest BCUT2D eigenvalue weighted by atomic mass is 19.1. The Morgan fingerprint density at radius 1 is 1.50 bits per heavy atom. The van der Waals surface area contributed by atoms with Crippen molar-refractivity contribution in [3.05, 3.63) is 24.0 Å². The molecule has 3 heteroatoms. The molecule has 0 saturated heterocycles. The topological polar surface area (TPSA) is 29.5 Å². The molecular formula is C7H7FO2. The Hall–Kier alpha value is -1.25. The number of ether oxygens (including phenoxy) is 1. The molecule has 0 radical (unpaired) electrons. The third-order valence-electron chi connectivity index (χ3n) is 1.16. The molecule has 0 fully saturated rings. The number of benzene rings is 1. The first kappa shape index (κ1) is 6.86. The molecule has 54 valence electrons. The van der Waals surface area contributed by atoms with Crippen molar-refractivity contribution in [3.8, 4) is 11.5 Å². The number of rotatable bonds is 1. The van der Waals surface area contributed by atoms with Crippen molar-refractivity contribution in [1.82, 2.24) is 0 Å². The Balaban J connectivity index is 3.14. The highest BCUT2D eigenvalue weighted by Gasteiger charge is 2.04. The van der Waals surface area contributed by atoms with Gasteiger partial charge in [-0.3, -0.25) is 0 Å². The van der Waals surface area contributed by atoms with Crippen LogP contribution in [-0.4, -0.2) is 12.2 Å². The van der Waals surface area contributed by atoms with Crippen molar-refractivity contribution in [2.24, 2.45) is 0 Å². The standard InChI is InChI=1S/C7H7FO2/c1-10-6-4-2-3-5(9)7(6)8/h2-4,9H,1H3. The van der Waals surface area contributed by atoms with Gasteiger partial charge in [0.1, 0.15) is 0 Å². The summed E-state index contributed by atoms with van der Waals surface area (Å²) in [6, 6.07) is 4.21. The zero-order chi connectivity index (χ0) is 7.56. The van der Waals surface area contributed by atoms with Crippen molar-refractivity contribution in [1.29, 1.82) is 0 Å². The summed E-state index contributed by atoms with van der Waals surface area (Å²) in [6.07, 6.45) is 0. The van der Waals surface area contributed by atoms with Gasteiger partial charge < -0.3 is 9.84 Å². The first-order chi connectivity index (χ1) is 4.75. The van der Waals surface area contributed by atoms with E-state index in [9.17, 15) is 4.39 Å². The molecule has 0 bridgehead atoms. The Labute approximate surface area is 57.9 Å². The van der Waals surface area contributed by atoms with E-state index >= 15 is 0 Å². The quantitative estimate of drug-likeness (QED) is 0.644. The zero-order valence-corrected chi connectivity index (χ0v) is 5.47. The molecule has 1 N–H and O–H groups in total. The first-order valence-electron chi connectivity index (χ1n) is 2.77.